The van der Waals surface area contributed by atoms with Crippen LogP contribution in [0.1, 0.15) is 30.9 Å². The lowest BCUT2D eigenvalue weighted by Crippen LogP contribution is -2.35. The predicted molar refractivity (Wildman–Crippen MR) is 115 cm³/mol. The van der Waals surface area contributed by atoms with Crippen molar-refractivity contribution < 1.29 is 9.53 Å². The molecule has 0 radical (unpaired) electrons. The van der Waals surface area contributed by atoms with Gasteiger partial charge in [-0.05, 0) is 37.0 Å². The smallest absolute Gasteiger partial charge is 0.231 e. The number of nitrogens with zero attached hydrogens (tertiary/aromatic N) is 4. The summed E-state index contributed by atoms with van der Waals surface area (Å²) in [6, 6.07) is 12.6. The second kappa shape index (κ2) is 8.53. The number of hydrogen-bond acceptors (Lipinski definition) is 5. The van der Waals surface area contributed by atoms with Crippen LogP contribution >= 0.6 is 0 Å². The zero-order valence-electron chi connectivity index (χ0n) is 17.0. The number of benzene rings is 1. The number of rotatable bonds is 5. The average molecular weight is 406 g/mol. The number of fused-ring (bicyclic) bond motifs is 1. The van der Waals surface area contributed by atoms with Gasteiger partial charge in [0.25, 0.3) is 0 Å². The van der Waals surface area contributed by atoms with E-state index >= 15 is 0 Å². The molecule has 0 spiro atoms. The number of piperidine rings is 1. The molecule has 2 aromatic heterocycles. The fraction of sp³-hybridized carbons (Fsp3) is 0.435. The van der Waals surface area contributed by atoms with E-state index in [0.717, 1.165) is 50.2 Å². The molecule has 3 aromatic rings. The summed E-state index contributed by atoms with van der Waals surface area (Å²) >= 11 is 0. The number of ether oxygens (including phenoxy) is 1. The molecule has 0 saturated carbocycles. The highest BCUT2D eigenvalue weighted by atomic mass is 16.5. The maximum Gasteiger partial charge on any atom is 0.231 e. The number of amides is 1. The number of aromatic nitrogens is 3. The maximum atomic E-state index is 12.5. The van der Waals surface area contributed by atoms with Crippen molar-refractivity contribution in [2.45, 2.75) is 31.8 Å². The van der Waals surface area contributed by atoms with Gasteiger partial charge in [0.15, 0.2) is 0 Å². The number of carbonyl (C=O) groups excluding carboxylic acids is 1. The zero-order valence-corrected chi connectivity index (χ0v) is 17.0. The van der Waals surface area contributed by atoms with Crippen LogP contribution in [-0.4, -0.2) is 51.9 Å². The molecule has 1 atom stereocenters. The third-order valence-corrected chi connectivity index (χ3v) is 6.26. The van der Waals surface area contributed by atoms with Crippen LogP contribution in [0.25, 0.3) is 10.9 Å². The molecule has 156 valence electrons. The first-order chi connectivity index (χ1) is 14.8. The minimum Gasteiger partial charge on any atom is -0.381 e. The molecule has 2 saturated heterocycles. The fourth-order valence-electron chi connectivity index (χ4n) is 4.53. The Kier molecular flexibility index (Phi) is 5.46. The number of nitrogens with one attached hydrogen (secondary N) is 1. The highest BCUT2D eigenvalue weighted by molar-refractivity contribution is 5.92. The van der Waals surface area contributed by atoms with Crippen molar-refractivity contribution in [1.29, 1.82) is 0 Å². The Morgan fingerprint density at radius 1 is 1.10 bits per heavy atom. The van der Waals surface area contributed by atoms with Gasteiger partial charge in [-0.3, -0.25) is 14.7 Å². The Labute approximate surface area is 176 Å². The van der Waals surface area contributed by atoms with Gasteiger partial charge >= 0.3 is 0 Å². The van der Waals surface area contributed by atoms with Crippen molar-refractivity contribution in [1.82, 2.24) is 19.7 Å². The Morgan fingerprint density at radius 3 is 2.80 bits per heavy atom. The van der Waals surface area contributed by atoms with Crippen LogP contribution in [0.15, 0.2) is 48.8 Å². The van der Waals surface area contributed by atoms with Crippen LogP contribution in [0.3, 0.4) is 0 Å². The molecule has 7 heteroatoms. The lowest BCUT2D eigenvalue weighted by atomic mass is 10.0. The maximum absolute atomic E-state index is 12.5. The third-order valence-electron chi connectivity index (χ3n) is 6.26. The fourth-order valence-corrected chi connectivity index (χ4v) is 4.53. The minimum atomic E-state index is -0.0506. The van der Waals surface area contributed by atoms with Gasteiger partial charge in [-0.2, -0.15) is 5.10 Å². The summed E-state index contributed by atoms with van der Waals surface area (Å²) in [6.45, 7) is 4.13. The van der Waals surface area contributed by atoms with Crippen LogP contribution in [-0.2, 0) is 16.1 Å². The monoisotopic (exact) mass is 405 g/mol. The van der Waals surface area contributed by atoms with Crippen molar-refractivity contribution in [2.24, 2.45) is 5.92 Å². The molecule has 1 aromatic carbocycles. The van der Waals surface area contributed by atoms with Crippen LogP contribution in [0.5, 0.6) is 0 Å². The normalized spacial score (nSPS) is 20.6. The van der Waals surface area contributed by atoms with Crippen LogP contribution < -0.4 is 5.32 Å². The number of carbonyl (C=O) groups is 1. The molecule has 30 heavy (non-hydrogen) atoms. The van der Waals surface area contributed by atoms with Gasteiger partial charge < -0.3 is 10.1 Å². The molecule has 1 unspecified atom stereocenters. The Hall–Kier alpha value is -2.77. The van der Waals surface area contributed by atoms with E-state index in [1.165, 1.54) is 10.9 Å². The van der Waals surface area contributed by atoms with E-state index in [0.29, 0.717) is 19.3 Å². The highest BCUT2D eigenvalue weighted by Crippen LogP contribution is 2.28. The van der Waals surface area contributed by atoms with Gasteiger partial charge in [-0.15, -0.1) is 0 Å². The van der Waals surface area contributed by atoms with E-state index in [1.807, 2.05) is 23.0 Å². The van der Waals surface area contributed by atoms with Gasteiger partial charge in [0.2, 0.25) is 5.91 Å². The largest absolute Gasteiger partial charge is 0.381 e. The average Bonchev–Trinajstić information content (AvgIpc) is 3.47. The zero-order chi connectivity index (χ0) is 20.3. The molecule has 4 heterocycles. The topological polar surface area (TPSA) is 72.3 Å². The SMILES string of the molecule is O=C(Nc1ccnn1C1CCN(Cc2ccnc3ccccc23)CC1)C1CCOC1. The summed E-state index contributed by atoms with van der Waals surface area (Å²) in [6.07, 6.45) is 6.50. The molecule has 2 aliphatic rings. The van der Waals surface area contributed by atoms with Gasteiger partial charge in [-0.25, -0.2) is 4.68 Å². The van der Waals surface area contributed by atoms with E-state index in [-0.39, 0.29) is 11.8 Å². The molecule has 1 amide bonds. The molecule has 7 nitrogen and oxygen atoms in total. The van der Waals surface area contributed by atoms with Gasteiger partial charge in [0.1, 0.15) is 5.82 Å². The van der Waals surface area contributed by atoms with Crippen LogP contribution in [0.4, 0.5) is 5.82 Å². The van der Waals surface area contributed by atoms with E-state index < -0.39 is 0 Å². The molecule has 1 N–H and O–H groups in total. The van der Waals surface area contributed by atoms with Crippen LogP contribution in [0.2, 0.25) is 0 Å². The first-order valence-corrected chi connectivity index (χ1v) is 10.7. The Bertz CT molecular complexity index is 1010. The molecule has 5 rings (SSSR count). The summed E-state index contributed by atoms with van der Waals surface area (Å²) in [7, 11) is 0. The van der Waals surface area contributed by atoms with Crippen LogP contribution in [0, 0.1) is 5.92 Å². The number of hydrogen-bond donors (Lipinski definition) is 1. The van der Waals surface area contributed by atoms with E-state index in [2.05, 4.69) is 44.6 Å². The number of anilines is 1. The Morgan fingerprint density at radius 2 is 1.97 bits per heavy atom. The van der Waals surface area contributed by atoms with E-state index in [1.54, 1.807) is 6.20 Å². The number of para-hydroxylation sites is 1. The minimum absolute atomic E-state index is 0.0382. The van der Waals surface area contributed by atoms with Crippen molar-refractivity contribution >= 4 is 22.6 Å². The number of likely N-dealkylation sites (tertiary alicyclic amines) is 1. The number of pyridine rings is 1. The van der Waals surface area contributed by atoms with Crippen molar-refractivity contribution in [3.8, 4) is 0 Å². The molecular formula is C23H27N5O2. The lowest BCUT2D eigenvalue weighted by Gasteiger charge is -2.33. The molecule has 0 bridgehead atoms. The van der Waals surface area contributed by atoms with Crippen molar-refractivity contribution in [3.05, 3.63) is 54.4 Å². The summed E-state index contributed by atoms with van der Waals surface area (Å²) in [5, 5.41) is 8.81. The molecule has 2 fully saturated rings. The molecular weight excluding hydrogens is 378 g/mol. The molecule has 0 aliphatic carbocycles. The van der Waals surface area contributed by atoms with Crippen molar-refractivity contribution in [2.75, 3.05) is 31.6 Å². The summed E-state index contributed by atoms with van der Waals surface area (Å²) in [5.41, 5.74) is 2.37. The van der Waals surface area contributed by atoms with E-state index in [4.69, 9.17) is 4.74 Å². The highest BCUT2D eigenvalue weighted by Gasteiger charge is 2.27. The quantitative estimate of drug-likeness (QED) is 0.706. The summed E-state index contributed by atoms with van der Waals surface area (Å²) in [4.78, 5) is 19.4. The predicted octanol–water partition coefficient (Wildman–Crippen LogP) is 3.24. The van der Waals surface area contributed by atoms with Gasteiger partial charge in [-0.1, -0.05) is 18.2 Å². The lowest BCUT2D eigenvalue weighted by molar-refractivity contribution is -0.119. The van der Waals surface area contributed by atoms with Gasteiger partial charge in [0.05, 0.1) is 30.3 Å². The third kappa shape index (κ3) is 3.95. The Balaban J connectivity index is 1.21. The first kappa shape index (κ1) is 19.2. The van der Waals surface area contributed by atoms with Crippen molar-refractivity contribution in [3.63, 3.8) is 0 Å². The summed E-state index contributed by atoms with van der Waals surface area (Å²) < 4.78 is 7.33. The van der Waals surface area contributed by atoms with E-state index in [9.17, 15) is 4.79 Å². The second-order valence-corrected chi connectivity index (χ2v) is 8.21. The van der Waals surface area contributed by atoms with Gasteiger partial charge in [0, 0.05) is 43.9 Å². The second-order valence-electron chi connectivity index (χ2n) is 8.21. The first-order valence-electron chi connectivity index (χ1n) is 10.7. The molecule has 2 aliphatic heterocycles. The standard InChI is InChI=1S/C23H27N5O2/c29-23(18-9-14-30-16-18)26-22-6-11-25-28(22)19-7-12-27(13-8-19)15-17-5-10-24-21-4-2-1-3-20(17)21/h1-6,10-11,18-19H,7-9,12-16H2,(H,26,29). The summed E-state index contributed by atoms with van der Waals surface area (Å²) in [5.74, 6) is 0.784.